The van der Waals surface area contributed by atoms with Crippen LogP contribution in [0, 0.1) is 17.6 Å². The topological polar surface area (TPSA) is 41.1 Å². The summed E-state index contributed by atoms with van der Waals surface area (Å²) in [6.07, 6.45) is 3.61. The molecule has 2 unspecified atom stereocenters. The number of halogens is 2. The Morgan fingerprint density at radius 2 is 2.24 bits per heavy atom. The van der Waals surface area contributed by atoms with Crippen LogP contribution in [0.5, 0.6) is 0 Å². The minimum atomic E-state index is -0.461. The minimum absolute atomic E-state index is 0.0666. The first-order valence-corrected chi connectivity index (χ1v) is 7.26. The van der Waals surface area contributed by atoms with Gasteiger partial charge in [0.25, 0.3) is 0 Å². The quantitative estimate of drug-likeness (QED) is 0.835. The van der Waals surface area contributed by atoms with Crippen molar-refractivity contribution in [3.8, 4) is 0 Å². The summed E-state index contributed by atoms with van der Waals surface area (Å²) in [5.74, 6) is -1.38. The molecular weight excluding hydrogens is 274 g/mol. The van der Waals surface area contributed by atoms with Crippen LogP contribution in [0.15, 0.2) is 29.8 Å². The zero-order chi connectivity index (χ0) is 14.8. The Hall–Kier alpha value is -1.75. The second-order valence-corrected chi connectivity index (χ2v) is 5.65. The van der Waals surface area contributed by atoms with Gasteiger partial charge >= 0.3 is 0 Å². The number of carbonyl (C=O) groups excluding carboxylic acids is 1. The van der Waals surface area contributed by atoms with Crippen LogP contribution in [0.3, 0.4) is 0 Å². The predicted octanol–water partition coefficient (Wildman–Crippen LogP) is 2.10. The maximum Gasteiger partial charge on any atom is 0.224 e. The number of hydrogen-bond donors (Lipinski definition) is 2. The van der Waals surface area contributed by atoms with Gasteiger partial charge in [0.1, 0.15) is 11.6 Å². The van der Waals surface area contributed by atoms with Crippen LogP contribution in [-0.2, 0) is 4.79 Å². The van der Waals surface area contributed by atoms with Crippen molar-refractivity contribution < 1.29 is 13.6 Å². The molecule has 2 N–H and O–H groups in total. The molecule has 1 amide bonds. The van der Waals surface area contributed by atoms with Gasteiger partial charge in [0.2, 0.25) is 5.91 Å². The van der Waals surface area contributed by atoms with Gasteiger partial charge < -0.3 is 10.6 Å². The molecule has 5 heteroatoms. The van der Waals surface area contributed by atoms with E-state index in [9.17, 15) is 13.6 Å². The second-order valence-electron chi connectivity index (χ2n) is 5.65. The van der Waals surface area contributed by atoms with E-state index in [2.05, 4.69) is 16.7 Å². The van der Waals surface area contributed by atoms with E-state index in [0.717, 1.165) is 31.6 Å². The zero-order valence-electron chi connectivity index (χ0n) is 11.7. The zero-order valence-corrected chi connectivity index (χ0v) is 11.7. The number of rotatable bonds is 4. The van der Waals surface area contributed by atoms with E-state index in [1.54, 1.807) is 0 Å². The SMILES string of the molecule is O=C(NCC1=CCNCC1)C1CC1c1cc(F)ccc1F. The van der Waals surface area contributed by atoms with Crippen molar-refractivity contribution in [2.75, 3.05) is 19.6 Å². The van der Waals surface area contributed by atoms with Gasteiger partial charge in [0, 0.05) is 19.0 Å². The van der Waals surface area contributed by atoms with E-state index in [1.807, 2.05) is 0 Å². The monoisotopic (exact) mass is 292 g/mol. The van der Waals surface area contributed by atoms with Gasteiger partial charge in [-0.2, -0.15) is 0 Å². The fourth-order valence-corrected chi connectivity index (χ4v) is 2.79. The Labute approximate surface area is 122 Å². The van der Waals surface area contributed by atoms with Gasteiger partial charge in [0.05, 0.1) is 0 Å². The molecule has 1 heterocycles. The van der Waals surface area contributed by atoms with E-state index in [4.69, 9.17) is 0 Å². The van der Waals surface area contributed by atoms with Gasteiger partial charge in [-0.15, -0.1) is 0 Å². The normalized spacial score (nSPS) is 24.4. The summed E-state index contributed by atoms with van der Waals surface area (Å²) in [6, 6.07) is 3.42. The molecule has 0 bridgehead atoms. The Balaban J connectivity index is 1.56. The summed E-state index contributed by atoms with van der Waals surface area (Å²) in [5.41, 5.74) is 1.53. The van der Waals surface area contributed by atoms with Crippen molar-refractivity contribution in [3.05, 3.63) is 47.0 Å². The number of nitrogens with one attached hydrogen (secondary N) is 2. The van der Waals surface area contributed by atoms with Gasteiger partial charge in [-0.25, -0.2) is 8.78 Å². The first-order chi connectivity index (χ1) is 10.1. The average Bonchev–Trinajstić information content (AvgIpc) is 3.29. The van der Waals surface area contributed by atoms with Crippen LogP contribution in [0.1, 0.15) is 24.3 Å². The Morgan fingerprint density at radius 1 is 1.38 bits per heavy atom. The molecule has 3 nitrogen and oxygen atoms in total. The van der Waals surface area contributed by atoms with E-state index in [0.29, 0.717) is 18.5 Å². The Morgan fingerprint density at radius 3 is 3.00 bits per heavy atom. The highest BCUT2D eigenvalue weighted by Gasteiger charge is 2.45. The molecule has 1 fully saturated rings. The fraction of sp³-hybridized carbons (Fsp3) is 0.438. The lowest BCUT2D eigenvalue weighted by Gasteiger charge is -2.14. The number of carbonyl (C=O) groups is 1. The van der Waals surface area contributed by atoms with Crippen molar-refractivity contribution in [3.63, 3.8) is 0 Å². The van der Waals surface area contributed by atoms with Crippen molar-refractivity contribution in [2.45, 2.75) is 18.8 Å². The van der Waals surface area contributed by atoms with Crippen LogP contribution in [-0.4, -0.2) is 25.5 Å². The van der Waals surface area contributed by atoms with E-state index in [-0.39, 0.29) is 17.7 Å². The summed E-state index contributed by atoms with van der Waals surface area (Å²) in [7, 11) is 0. The molecule has 3 rings (SSSR count). The molecule has 0 aromatic heterocycles. The summed E-state index contributed by atoms with van der Waals surface area (Å²) < 4.78 is 26.8. The fourth-order valence-electron chi connectivity index (χ4n) is 2.79. The first-order valence-electron chi connectivity index (χ1n) is 7.26. The molecule has 0 spiro atoms. The van der Waals surface area contributed by atoms with Crippen molar-refractivity contribution in [2.24, 2.45) is 5.92 Å². The van der Waals surface area contributed by atoms with Crippen molar-refractivity contribution in [1.82, 2.24) is 10.6 Å². The third-order valence-corrected chi connectivity index (χ3v) is 4.13. The summed E-state index contributed by atoms with van der Waals surface area (Å²) in [5, 5.41) is 6.11. The van der Waals surface area contributed by atoms with Crippen molar-refractivity contribution >= 4 is 5.91 Å². The largest absolute Gasteiger partial charge is 0.352 e. The van der Waals surface area contributed by atoms with Crippen LogP contribution < -0.4 is 10.6 Å². The molecular formula is C16H18F2N2O. The first kappa shape index (κ1) is 14.2. The molecule has 1 saturated carbocycles. The van der Waals surface area contributed by atoms with Crippen LogP contribution in [0.2, 0.25) is 0 Å². The van der Waals surface area contributed by atoms with Crippen LogP contribution >= 0.6 is 0 Å². The van der Waals surface area contributed by atoms with Gasteiger partial charge in [-0.3, -0.25) is 4.79 Å². The van der Waals surface area contributed by atoms with Gasteiger partial charge in [-0.05, 0) is 49.1 Å². The Kier molecular flexibility index (Phi) is 4.01. The number of benzene rings is 1. The Bertz CT molecular complexity index is 586. The van der Waals surface area contributed by atoms with E-state index < -0.39 is 11.6 Å². The lowest BCUT2D eigenvalue weighted by Crippen LogP contribution is -2.30. The average molecular weight is 292 g/mol. The van der Waals surface area contributed by atoms with Crippen LogP contribution in [0.4, 0.5) is 8.78 Å². The molecule has 0 saturated heterocycles. The summed E-state index contributed by atoms with van der Waals surface area (Å²) >= 11 is 0. The standard InChI is InChI=1S/C16H18F2N2O/c17-11-1-2-15(18)13(7-11)12-8-14(12)16(21)20-9-10-3-5-19-6-4-10/h1-3,7,12,14,19H,4-6,8-9H2,(H,20,21). The third kappa shape index (κ3) is 3.29. The maximum absolute atomic E-state index is 13.7. The second kappa shape index (κ2) is 5.93. The molecule has 21 heavy (non-hydrogen) atoms. The smallest absolute Gasteiger partial charge is 0.224 e. The molecule has 1 aromatic carbocycles. The lowest BCUT2D eigenvalue weighted by atomic mass is 10.1. The summed E-state index contributed by atoms with van der Waals surface area (Å²) in [4.78, 5) is 12.1. The third-order valence-electron chi connectivity index (χ3n) is 4.13. The van der Waals surface area contributed by atoms with Crippen molar-refractivity contribution in [1.29, 1.82) is 0 Å². The highest BCUT2D eigenvalue weighted by molar-refractivity contribution is 5.83. The predicted molar refractivity (Wildman–Crippen MR) is 75.8 cm³/mol. The molecule has 1 aliphatic carbocycles. The molecule has 2 atom stereocenters. The molecule has 112 valence electrons. The molecule has 1 aliphatic heterocycles. The minimum Gasteiger partial charge on any atom is -0.352 e. The molecule has 2 aliphatic rings. The molecule has 0 radical (unpaired) electrons. The van der Waals surface area contributed by atoms with Crippen LogP contribution in [0.25, 0.3) is 0 Å². The molecule has 1 aromatic rings. The van der Waals surface area contributed by atoms with E-state index >= 15 is 0 Å². The maximum atomic E-state index is 13.7. The van der Waals surface area contributed by atoms with Gasteiger partial charge in [0.15, 0.2) is 0 Å². The lowest BCUT2D eigenvalue weighted by molar-refractivity contribution is -0.122. The summed E-state index contributed by atoms with van der Waals surface area (Å²) in [6.45, 7) is 2.32. The number of amides is 1. The highest BCUT2D eigenvalue weighted by atomic mass is 19.1. The highest BCUT2D eigenvalue weighted by Crippen LogP contribution is 2.48. The number of hydrogen-bond acceptors (Lipinski definition) is 2. The van der Waals surface area contributed by atoms with Gasteiger partial charge in [-0.1, -0.05) is 11.6 Å². The van der Waals surface area contributed by atoms with E-state index in [1.165, 1.54) is 11.6 Å².